The van der Waals surface area contributed by atoms with Gasteiger partial charge >= 0.3 is 0 Å². The van der Waals surface area contributed by atoms with Crippen LogP contribution in [0.4, 0.5) is 5.69 Å². The molecule has 20 heavy (non-hydrogen) atoms. The third kappa shape index (κ3) is 3.36. The van der Waals surface area contributed by atoms with Crippen molar-refractivity contribution in [2.75, 3.05) is 12.4 Å². The first-order chi connectivity index (χ1) is 9.61. The molecule has 5 heteroatoms. The molecule has 1 saturated carbocycles. The van der Waals surface area contributed by atoms with E-state index in [4.69, 9.17) is 5.73 Å². The maximum absolute atomic E-state index is 12.2. The Bertz CT molecular complexity index is 484. The van der Waals surface area contributed by atoms with Crippen LogP contribution in [0.1, 0.15) is 36.0 Å². The summed E-state index contributed by atoms with van der Waals surface area (Å²) < 4.78 is 0. The Morgan fingerprint density at radius 2 is 1.80 bits per heavy atom. The van der Waals surface area contributed by atoms with Gasteiger partial charge < -0.3 is 16.4 Å². The van der Waals surface area contributed by atoms with Gasteiger partial charge in [0.15, 0.2) is 0 Å². The highest BCUT2D eigenvalue weighted by atomic mass is 16.2. The first kappa shape index (κ1) is 14.5. The molecular weight excluding hydrogens is 254 g/mol. The Hall–Kier alpha value is -1.88. The Morgan fingerprint density at radius 1 is 1.15 bits per heavy atom. The fourth-order valence-electron chi connectivity index (χ4n) is 2.57. The number of nitrogens with two attached hydrogens (primary N) is 1. The number of anilines is 1. The Morgan fingerprint density at radius 3 is 2.40 bits per heavy atom. The highest BCUT2D eigenvalue weighted by Gasteiger charge is 2.28. The van der Waals surface area contributed by atoms with E-state index in [-0.39, 0.29) is 23.8 Å². The van der Waals surface area contributed by atoms with E-state index in [2.05, 4.69) is 10.6 Å². The summed E-state index contributed by atoms with van der Waals surface area (Å²) in [6.07, 6.45) is 3.92. The zero-order chi connectivity index (χ0) is 14.5. The van der Waals surface area contributed by atoms with E-state index < -0.39 is 0 Å². The molecular formula is C15H21N3O2. The third-order valence-corrected chi connectivity index (χ3v) is 3.80. The van der Waals surface area contributed by atoms with Crippen molar-refractivity contribution in [3.05, 3.63) is 29.8 Å². The summed E-state index contributed by atoms with van der Waals surface area (Å²) in [5.41, 5.74) is 7.27. The highest BCUT2D eigenvalue weighted by Crippen LogP contribution is 2.24. The van der Waals surface area contributed by atoms with Crippen molar-refractivity contribution in [2.24, 2.45) is 11.7 Å². The molecule has 5 nitrogen and oxygen atoms in total. The van der Waals surface area contributed by atoms with Gasteiger partial charge in [0, 0.05) is 24.3 Å². The minimum absolute atomic E-state index is 0.0232. The molecule has 0 saturated heterocycles. The van der Waals surface area contributed by atoms with Crippen LogP contribution in [0.3, 0.4) is 0 Å². The van der Waals surface area contributed by atoms with Gasteiger partial charge in [-0.25, -0.2) is 0 Å². The lowest BCUT2D eigenvalue weighted by Gasteiger charge is -2.27. The molecule has 0 aromatic heterocycles. The minimum Gasteiger partial charge on any atom is -0.355 e. The van der Waals surface area contributed by atoms with E-state index in [1.807, 2.05) is 0 Å². The highest BCUT2D eigenvalue weighted by molar-refractivity contribution is 5.96. The average molecular weight is 275 g/mol. The van der Waals surface area contributed by atoms with Gasteiger partial charge in [-0.1, -0.05) is 12.8 Å². The van der Waals surface area contributed by atoms with Gasteiger partial charge in [-0.2, -0.15) is 0 Å². The summed E-state index contributed by atoms with van der Waals surface area (Å²) in [6.45, 7) is 0. The maximum Gasteiger partial charge on any atom is 0.251 e. The summed E-state index contributed by atoms with van der Waals surface area (Å²) in [5, 5.41) is 5.43. The molecule has 0 spiro atoms. The van der Waals surface area contributed by atoms with Crippen molar-refractivity contribution < 1.29 is 9.59 Å². The third-order valence-electron chi connectivity index (χ3n) is 3.80. The number of carbonyl (C=O) groups is 2. The number of hydrogen-bond donors (Lipinski definition) is 3. The smallest absolute Gasteiger partial charge is 0.251 e. The van der Waals surface area contributed by atoms with Crippen molar-refractivity contribution in [1.29, 1.82) is 0 Å². The molecule has 0 aliphatic heterocycles. The molecule has 1 fully saturated rings. The van der Waals surface area contributed by atoms with E-state index in [0.29, 0.717) is 11.3 Å². The van der Waals surface area contributed by atoms with Gasteiger partial charge in [-0.3, -0.25) is 9.59 Å². The lowest BCUT2D eigenvalue weighted by atomic mass is 9.84. The molecule has 1 aliphatic rings. The molecule has 2 rings (SSSR count). The van der Waals surface area contributed by atoms with Crippen LogP contribution in [0, 0.1) is 5.92 Å². The standard InChI is InChI=1S/C15H21N3O2/c1-17-14(19)10-6-8-11(9-7-10)18-15(20)12-4-2-3-5-13(12)16/h6-9,12-13H,2-5,16H2,1H3,(H,17,19)(H,18,20). The molecule has 2 atom stereocenters. The van der Waals surface area contributed by atoms with E-state index in [9.17, 15) is 9.59 Å². The molecule has 1 aromatic rings. The Kier molecular flexibility index (Phi) is 4.74. The average Bonchev–Trinajstić information content (AvgIpc) is 2.47. The molecule has 0 radical (unpaired) electrons. The molecule has 0 heterocycles. The summed E-state index contributed by atoms with van der Waals surface area (Å²) in [6, 6.07) is 6.80. The summed E-state index contributed by atoms with van der Waals surface area (Å²) in [5.74, 6) is -0.274. The normalized spacial score (nSPS) is 22.1. The lowest BCUT2D eigenvalue weighted by Crippen LogP contribution is -2.40. The van der Waals surface area contributed by atoms with Crippen LogP contribution in [0.5, 0.6) is 0 Å². The molecule has 4 N–H and O–H groups in total. The summed E-state index contributed by atoms with van der Waals surface area (Å²) >= 11 is 0. The molecule has 108 valence electrons. The van der Waals surface area contributed by atoms with Crippen LogP contribution >= 0.6 is 0 Å². The first-order valence-electron chi connectivity index (χ1n) is 7.00. The summed E-state index contributed by atoms with van der Waals surface area (Å²) in [7, 11) is 1.59. The van der Waals surface area contributed by atoms with Crippen LogP contribution in [0.25, 0.3) is 0 Å². The van der Waals surface area contributed by atoms with Gasteiger partial charge in [-0.05, 0) is 37.1 Å². The van der Waals surface area contributed by atoms with Gasteiger partial charge in [0.1, 0.15) is 0 Å². The number of hydrogen-bond acceptors (Lipinski definition) is 3. The fraction of sp³-hybridized carbons (Fsp3) is 0.467. The first-order valence-corrected chi connectivity index (χ1v) is 7.00. The van der Waals surface area contributed by atoms with Crippen molar-refractivity contribution in [1.82, 2.24) is 5.32 Å². The van der Waals surface area contributed by atoms with Gasteiger partial charge in [0.25, 0.3) is 5.91 Å². The van der Waals surface area contributed by atoms with Gasteiger partial charge in [0.2, 0.25) is 5.91 Å². The molecule has 2 unspecified atom stereocenters. The number of rotatable bonds is 3. The second-order valence-electron chi connectivity index (χ2n) is 5.20. The van der Waals surface area contributed by atoms with Gasteiger partial charge in [0.05, 0.1) is 5.92 Å². The van der Waals surface area contributed by atoms with Crippen LogP contribution in [-0.2, 0) is 4.79 Å². The molecule has 0 bridgehead atoms. The van der Waals surface area contributed by atoms with E-state index in [0.717, 1.165) is 25.7 Å². The van der Waals surface area contributed by atoms with E-state index >= 15 is 0 Å². The van der Waals surface area contributed by atoms with Crippen molar-refractivity contribution in [3.63, 3.8) is 0 Å². The zero-order valence-corrected chi connectivity index (χ0v) is 11.7. The van der Waals surface area contributed by atoms with Crippen molar-refractivity contribution >= 4 is 17.5 Å². The van der Waals surface area contributed by atoms with Crippen LogP contribution in [0.2, 0.25) is 0 Å². The molecule has 1 aromatic carbocycles. The van der Waals surface area contributed by atoms with Crippen LogP contribution in [0.15, 0.2) is 24.3 Å². The van der Waals surface area contributed by atoms with Crippen molar-refractivity contribution in [3.8, 4) is 0 Å². The minimum atomic E-state index is -0.142. The molecule has 2 amide bonds. The monoisotopic (exact) mass is 275 g/mol. The number of carbonyl (C=O) groups excluding carboxylic acids is 2. The Labute approximate surface area is 118 Å². The zero-order valence-electron chi connectivity index (χ0n) is 11.7. The second kappa shape index (κ2) is 6.52. The van der Waals surface area contributed by atoms with Crippen LogP contribution in [-0.4, -0.2) is 24.9 Å². The van der Waals surface area contributed by atoms with Gasteiger partial charge in [-0.15, -0.1) is 0 Å². The number of benzene rings is 1. The summed E-state index contributed by atoms with van der Waals surface area (Å²) in [4.78, 5) is 23.6. The molecule has 1 aliphatic carbocycles. The predicted molar refractivity (Wildman–Crippen MR) is 78.4 cm³/mol. The van der Waals surface area contributed by atoms with Crippen molar-refractivity contribution in [2.45, 2.75) is 31.7 Å². The number of amides is 2. The quantitative estimate of drug-likeness (QED) is 0.781. The van der Waals surface area contributed by atoms with E-state index in [1.54, 1.807) is 31.3 Å². The fourth-order valence-corrected chi connectivity index (χ4v) is 2.57. The van der Waals surface area contributed by atoms with E-state index in [1.165, 1.54) is 0 Å². The topological polar surface area (TPSA) is 84.2 Å². The predicted octanol–water partition coefficient (Wildman–Crippen LogP) is 1.50. The SMILES string of the molecule is CNC(=O)c1ccc(NC(=O)C2CCCCC2N)cc1. The maximum atomic E-state index is 12.2. The second-order valence-corrected chi connectivity index (χ2v) is 5.20. The number of nitrogens with one attached hydrogen (secondary N) is 2. The lowest BCUT2D eigenvalue weighted by molar-refractivity contribution is -0.121. The van der Waals surface area contributed by atoms with Crippen LogP contribution < -0.4 is 16.4 Å². The Balaban J connectivity index is 1.99. The largest absolute Gasteiger partial charge is 0.355 e.